The number of guanidine groups is 1. The van der Waals surface area contributed by atoms with E-state index in [1.807, 2.05) is 17.8 Å². The van der Waals surface area contributed by atoms with E-state index in [1.165, 1.54) is 5.56 Å². The maximum Gasteiger partial charge on any atom is 0.191 e. The van der Waals surface area contributed by atoms with Crippen LogP contribution in [0.3, 0.4) is 0 Å². The first-order valence-corrected chi connectivity index (χ1v) is 5.88. The quantitative estimate of drug-likeness (QED) is 0.436. The minimum Gasteiger partial charge on any atom is -0.383 e. The topological polar surface area (TPSA) is 50.6 Å². The van der Waals surface area contributed by atoms with Gasteiger partial charge in [-0.15, -0.1) is 0 Å². The first-order chi connectivity index (χ1) is 8.26. The van der Waals surface area contributed by atoms with Crippen molar-refractivity contribution in [3.63, 3.8) is 0 Å². The van der Waals surface area contributed by atoms with Gasteiger partial charge in [0.1, 0.15) is 0 Å². The minimum absolute atomic E-state index is 0.676. The van der Waals surface area contributed by atoms with Gasteiger partial charge in [-0.1, -0.05) is 0 Å². The summed E-state index contributed by atoms with van der Waals surface area (Å²) in [6, 6.07) is 2.07. The lowest BCUT2D eigenvalue weighted by Gasteiger charge is -2.10. The molecule has 96 valence electrons. The predicted molar refractivity (Wildman–Crippen MR) is 70.1 cm³/mol. The van der Waals surface area contributed by atoms with E-state index in [1.54, 1.807) is 7.11 Å². The van der Waals surface area contributed by atoms with Crippen LogP contribution in [0.1, 0.15) is 12.5 Å². The predicted octanol–water partition coefficient (Wildman–Crippen LogP) is 0.727. The normalized spacial score (nSPS) is 11.6. The Bertz CT molecular complexity index is 346. The second-order valence-corrected chi connectivity index (χ2v) is 3.80. The van der Waals surface area contributed by atoms with Gasteiger partial charge < -0.3 is 19.9 Å². The van der Waals surface area contributed by atoms with E-state index in [4.69, 9.17) is 4.74 Å². The SMILES string of the molecule is CCNC(=NCc1ccn(C)c1)NCCOC. The summed E-state index contributed by atoms with van der Waals surface area (Å²) in [7, 11) is 3.70. The van der Waals surface area contributed by atoms with Crippen LogP contribution in [0.25, 0.3) is 0 Å². The summed E-state index contributed by atoms with van der Waals surface area (Å²) in [6.45, 7) is 5.03. The van der Waals surface area contributed by atoms with Crippen molar-refractivity contribution in [1.29, 1.82) is 0 Å². The Morgan fingerprint density at radius 1 is 1.47 bits per heavy atom. The Labute approximate surface area is 103 Å². The number of nitrogens with zero attached hydrogens (tertiary/aromatic N) is 2. The van der Waals surface area contributed by atoms with Crippen molar-refractivity contribution >= 4 is 5.96 Å². The molecule has 1 aromatic rings. The highest BCUT2D eigenvalue weighted by atomic mass is 16.5. The first-order valence-electron chi connectivity index (χ1n) is 5.88. The van der Waals surface area contributed by atoms with Gasteiger partial charge in [-0.3, -0.25) is 0 Å². The summed E-state index contributed by atoms with van der Waals surface area (Å²) in [5, 5.41) is 6.40. The highest BCUT2D eigenvalue weighted by Crippen LogP contribution is 2.00. The molecule has 5 nitrogen and oxygen atoms in total. The van der Waals surface area contributed by atoms with E-state index in [9.17, 15) is 0 Å². The molecule has 1 aromatic heterocycles. The van der Waals surface area contributed by atoms with E-state index in [0.29, 0.717) is 13.2 Å². The number of aliphatic imine (C=N–C) groups is 1. The van der Waals surface area contributed by atoms with Crippen LogP contribution >= 0.6 is 0 Å². The monoisotopic (exact) mass is 238 g/mol. The fraction of sp³-hybridized carbons (Fsp3) is 0.583. The molecule has 0 aromatic carbocycles. The first kappa shape index (κ1) is 13.6. The number of aromatic nitrogens is 1. The van der Waals surface area contributed by atoms with Crippen LogP contribution < -0.4 is 10.6 Å². The number of ether oxygens (including phenoxy) is 1. The number of methoxy groups -OCH3 is 1. The number of aryl methyl sites for hydroxylation is 1. The molecule has 0 atom stereocenters. The average molecular weight is 238 g/mol. The van der Waals surface area contributed by atoms with Crippen molar-refractivity contribution in [3.05, 3.63) is 24.0 Å². The summed E-state index contributed by atoms with van der Waals surface area (Å²) < 4.78 is 7.01. The molecule has 0 aliphatic carbocycles. The molecule has 0 amide bonds. The molecule has 1 rings (SSSR count). The van der Waals surface area contributed by atoms with E-state index >= 15 is 0 Å². The summed E-state index contributed by atoms with van der Waals surface area (Å²) >= 11 is 0. The van der Waals surface area contributed by atoms with Gasteiger partial charge in [0.25, 0.3) is 0 Å². The molecule has 0 unspecified atom stereocenters. The Kier molecular flexibility index (Phi) is 6.17. The van der Waals surface area contributed by atoms with Crippen molar-refractivity contribution in [3.8, 4) is 0 Å². The Hall–Kier alpha value is -1.49. The summed E-state index contributed by atoms with van der Waals surface area (Å²) in [6.07, 6.45) is 4.10. The second kappa shape index (κ2) is 7.73. The van der Waals surface area contributed by atoms with Crippen LogP contribution in [0.15, 0.2) is 23.5 Å². The highest BCUT2D eigenvalue weighted by Gasteiger charge is 1.97. The molecule has 0 radical (unpaired) electrons. The zero-order valence-electron chi connectivity index (χ0n) is 10.9. The molecule has 5 heteroatoms. The van der Waals surface area contributed by atoms with Gasteiger partial charge in [0.2, 0.25) is 0 Å². The van der Waals surface area contributed by atoms with Crippen LogP contribution in [0.5, 0.6) is 0 Å². The molecule has 0 aliphatic rings. The fourth-order valence-corrected chi connectivity index (χ4v) is 1.44. The number of hydrogen-bond donors (Lipinski definition) is 2. The number of hydrogen-bond acceptors (Lipinski definition) is 2. The summed E-state index contributed by atoms with van der Waals surface area (Å²) in [5.74, 6) is 0.827. The smallest absolute Gasteiger partial charge is 0.191 e. The maximum atomic E-state index is 4.99. The lowest BCUT2D eigenvalue weighted by atomic mass is 10.3. The molecule has 0 aliphatic heterocycles. The van der Waals surface area contributed by atoms with Gasteiger partial charge in [-0.2, -0.15) is 0 Å². The van der Waals surface area contributed by atoms with Crippen LogP contribution in [-0.4, -0.2) is 37.3 Å². The highest BCUT2D eigenvalue weighted by molar-refractivity contribution is 5.79. The molecule has 0 saturated carbocycles. The van der Waals surface area contributed by atoms with E-state index < -0.39 is 0 Å². The third-order valence-corrected chi connectivity index (χ3v) is 2.26. The van der Waals surface area contributed by atoms with Gasteiger partial charge in [0.05, 0.1) is 13.2 Å². The maximum absolute atomic E-state index is 4.99. The van der Waals surface area contributed by atoms with Gasteiger partial charge in [-0.05, 0) is 18.6 Å². The largest absolute Gasteiger partial charge is 0.383 e. The lowest BCUT2D eigenvalue weighted by molar-refractivity contribution is 0.203. The van der Waals surface area contributed by atoms with Gasteiger partial charge in [-0.25, -0.2) is 4.99 Å². The van der Waals surface area contributed by atoms with E-state index in [-0.39, 0.29) is 0 Å². The Balaban J connectivity index is 2.44. The number of nitrogens with one attached hydrogen (secondary N) is 2. The van der Waals surface area contributed by atoms with Crippen molar-refractivity contribution in [2.45, 2.75) is 13.5 Å². The van der Waals surface area contributed by atoms with Gasteiger partial charge in [0, 0.05) is 39.6 Å². The zero-order valence-corrected chi connectivity index (χ0v) is 10.9. The summed E-state index contributed by atoms with van der Waals surface area (Å²) in [4.78, 5) is 4.49. The third kappa shape index (κ3) is 5.40. The van der Waals surface area contributed by atoms with Crippen LogP contribution in [0.2, 0.25) is 0 Å². The second-order valence-electron chi connectivity index (χ2n) is 3.80. The molecular formula is C12H22N4O. The summed E-state index contributed by atoms with van der Waals surface area (Å²) in [5.41, 5.74) is 1.21. The van der Waals surface area contributed by atoms with E-state index in [2.05, 4.69) is 34.8 Å². The van der Waals surface area contributed by atoms with Crippen molar-refractivity contribution in [2.24, 2.45) is 12.0 Å². The molecule has 0 spiro atoms. The molecule has 1 heterocycles. The zero-order chi connectivity index (χ0) is 12.5. The van der Waals surface area contributed by atoms with Crippen LogP contribution in [0.4, 0.5) is 0 Å². The Morgan fingerprint density at radius 3 is 2.88 bits per heavy atom. The van der Waals surface area contributed by atoms with Gasteiger partial charge >= 0.3 is 0 Å². The number of rotatable bonds is 6. The van der Waals surface area contributed by atoms with Crippen LogP contribution in [-0.2, 0) is 18.3 Å². The molecule has 0 saturated heterocycles. The molecule has 0 bridgehead atoms. The Morgan fingerprint density at radius 2 is 2.29 bits per heavy atom. The van der Waals surface area contributed by atoms with E-state index in [0.717, 1.165) is 19.0 Å². The average Bonchev–Trinajstić information content (AvgIpc) is 2.72. The van der Waals surface area contributed by atoms with Crippen molar-refractivity contribution in [1.82, 2.24) is 15.2 Å². The van der Waals surface area contributed by atoms with Gasteiger partial charge in [0.15, 0.2) is 5.96 Å². The minimum atomic E-state index is 0.676. The third-order valence-electron chi connectivity index (χ3n) is 2.26. The van der Waals surface area contributed by atoms with Crippen molar-refractivity contribution in [2.75, 3.05) is 26.8 Å². The van der Waals surface area contributed by atoms with Crippen molar-refractivity contribution < 1.29 is 4.74 Å². The standard InChI is InChI=1S/C12H22N4O/c1-4-13-12(14-6-8-17-3)15-9-11-5-7-16(2)10-11/h5,7,10H,4,6,8-9H2,1-3H3,(H2,13,14,15). The molecular weight excluding hydrogens is 216 g/mol. The molecule has 2 N–H and O–H groups in total. The lowest BCUT2D eigenvalue weighted by Crippen LogP contribution is -2.38. The fourth-order valence-electron chi connectivity index (χ4n) is 1.44. The van der Waals surface area contributed by atoms with Crippen LogP contribution in [0, 0.1) is 0 Å². The molecule has 0 fully saturated rings. The molecule has 17 heavy (non-hydrogen) atoms.